The number of hydrogen-bond acceptors (Lipinski definition) is 4. The van der Waals surface area contributed by atoms with Gasteiger partial charge in [-0.2, -0.15) is 0 Å². The van der Waals surface area contributed by atoms with E-state index in [1.807, 2.05) is 11.1 Å². The second-order valence-corrected chi connectivity index (χ2v) is 5.41. The van der Waals surface area contributed by atoms with Crippen molar-refractivity contribution in [3.8, 4) is 0 Å². The summed E-state index contributed by atoms with van der Waals surface area (Å²) in [5.41, 5.74) is 1.13. The predicted molar refractivity (Wildman–Crippen MR) is 80.5 cm³/mol. The van der Waals surface area contributed by atoms with Crippen LogP contribution in [0.1, 0.15) is 31.2 Å². The van der Waals surface area contributed by atoms with Gasteiger partial charge in [-0.25, -0.2) is 4.79 Å². The van der Waals surface area contributed by atoms with E-state index in [1.54, 1.807) is 6.08 Å². The second kappa shape index (κ2) is 6.40. The lowest BCUT2D eigenvalue weighted by molar-refractivity contribution is 0.0476. The van der Waals surface area contributed by atoms with Crippen LogP contribution < -0.4 is 5.32 Å². The van der Waals surface area contributed by atoms with Crippen LogP contribution in [0.25, 0.3) is 0 Å². The molecule has 1 heterocycles. The van der Waals surface area contributed by atoms with E-state index in [0.29, 0.717) is 6.04 Å². The molecule has 0 aromatic heterocycles. The van der Waals surface area contributed by atoms with Crippen LogP contribution >= 0.6 is 12.4 Å². The first-order valence-corrected chi connectivity index (χ1v) is 7.00. The van der Waals surface area contributed by atoms with Gasteiger partial charge in [0, 0.05) is 6.04 Å². The Kier molecular flexibility index (Phi) is 4.81. The third kappa shape index (κ3) is 2.73. The Hall–Kier alpha value is -1.35. The predicted octanol–water partition coefficient (Wildman–Crippen LogP) is 2.40. The smallest absolute Gasteiger partial charge is 0.258 e. The molecule has 20 heavy (non-hydrogen) atoms. The van der Waals surface area contributed by atoms with E-state index in [4.69, 9.17) is 0 Å². The molecule has 2 fully saturated rings. The van der Waals surface area contributed by atoms with Gasteiger partial charge in [0.25, 0.3) is 6.08 Å². The van der Waals surface area contributed by atoms with Crippen molar-refractivity contribution in [2.24, 2.45) is 5.10 Å². The van der Waals surface area contributed by atoms with Gasteiger partial charge in [0.2, 0.25) is 0 Å². The number of rotatable bonds is 4. The normalized spacial score (nSPS) is 20.4. The molecule has 1 N–H and O–H groups in total. The van der Waals surface area contributed by atoms with Crippen LogP contribution in [0, 0.1) is 0 Å². The van der Waals surface area contributed by atoms with Crippen molar-refractivity contribution in [3.63, 3.8) is 0 Å². The lowest BCUT2D eigenvalue weighted by atomic mass is 9.80. The van der Waals surface area contributed by atoms with Crippen LogP contribution in [-0.4, -0.2) is 30.2 Å². The number of nitrogens with one attached hydrogen (secondary N) is 1. The standard InChI is InChI=1S/C15H19N3O.ClH/c19-12-17-18(14-6-7-14)15(8-10-16-11-9-15)13-4-2-1-3-5-13;/h1-5,14,16H,6-11H2;1H. The molecule has 1 aromatic carbocycles. The first-order chi connectivity index (χ1) is 9.37. The number of benzene rings is 1. The van der Waals surface area contributed by atoms with Crippen molar-refractivity contribution in [2.45, 2.75) is 37.3 Å². The van der Waals surface area contributed by atoms with E-state index in [1.165, 1.54) is 5.56 Å². The molecule has 1 saturated heterocycles. The zero-order chi connectivity index (χ0) is 13.1. The molecular weight excluding hydrogens is 274 g/mol. The molecule has 0 bridgehead atoms. The highest BCUT2D eigenvalue weighted by Gasteiger charge is 2.46. The zero-order valence-electron chi connectivity index (χ0n) is 11.4. The highest BCUT2D eigenvalue weighted by molar-refractivity contribution is 5.85. The summed E-state index contributed by atoms with van der Waals surface area (Å²) in [6.07, 6.45) is 6.00. The highest BCUT2D eigenvalue weighted by Crippen LogP contribution is 2.43. The van der Waals surface area contributed by atoms with Crippen molar-refractivity contribution in [3.05, 3.63) is 35.9 Å². The van der Waals surface area contributed by atoms with Gasteiger partial charge in [-0.15, -0.1) is 12.4 Å². The van der Waals surface area contributed by atoms with E-state index >= 15 is 0 Å². The van der Waals surface area contributed by atoms with E-state index in [-0.39, 0.29) is 17.9 Å². The Bertz CT molecular complexity index is 477. The van der Waals surface area contributed by atoms with Crippen LogP contribution in [0.4, 0.5) is 0 Å². The lowest BCUT2D eigenvalue weighted by Gasteiger charge is -2.45. The van der Waals surface area contributed by atoms with Gasteiger partial charge in [0.1, 0.15) is 0 Å². The van der Waals surface area contributed by atoms with Gasteiger partial charge in [-0.05, 0) is 44.3 Å². The summed E-state index contributed by atoms with van der Waals surface area (Å²) in [6.45, 7) is 1.93. The molecule has 4 nitrogen and oxygen atoms in total. The Morgan fingerprint density at radius 1 is 1.20 bits per heavy atom. The Balaban J connectivity index is 0.00000147. The summed E-state index contributed by atoms with van der Waals surface area (Å²) in [6, 6.07) is 10.9. The number of piperidine rings is 1. The fraction of sp³-hybridized carbons (Fsp3) is 0.533. The maximum Gasteiger partial charge on any atom is 0.258 e. The molecule has 0 unspecified atom stereocenters. The molecule has 0 atom stereocenters. The van der Waals surface area contributed by atoms with E-state index in [9.17, 15) is 4.79 Å². The summed E-state index contributed by atoms with van der Waals surface area (Å²) in [5.74, 6) is 0. The van der Waals surface area contributed by atoms with Gasteiger partial charge in [-0.3, -0.25) is 5.01 Å². The van der Waals surface area contributed by atoms with Gasteiger partial charge in [-0.1, -0.05) is 35.4 Å². The number of nitrogens with zero attached hydrogens (tertiary/aromatic N) is 2. The topological polar surface area (TPSA) is 44.7 Å². The SMILES string of the molecule is Cl.O=C=NN(C1CC1)C1(c2ccccc2)CCNCC1. The third-order valence-corrected chi connectivity index (χ3v) is 4.22. The zero-order valence-corrected chi connectivity index (χ0v) is 12.2. The Labute approximate surface area is 125 Å². The molecule has 3 rings (SSSR count). The number of halogens is 1. The molecule has 108 valence electrons. The van der Waals surface area contributed by atoms with E-state index in [0.717, 1.165) is 38.8 Å². The van der Waals surface area contributed by atoms with E-state index < -0.39 is 0 Å². The van der Waals surface area contributed by atoms with Gasteiger partial charge < -0.3 is 5.32 Å². The average molecular weight is 294 g/mol. The molecule has 1 aromatic rings. The van der Waals surface area contributed by atoms with Crippen LogP contribution in [-0.2, 0) is 10.3 Å². The van der Waals surface area contributed by atoms with Crippen LogP contribution in [0.3, 0.4) is 0 Å². The van der Waals surface area contributed by atoms with Crippen molar-refractivity contribution < 1.29 is 4.79 Å². The Morgan fingerprint density at radius 3 is 2.40 bits per heavy atom. The number of carbonyl (C=O) groups excluding carboxylic acids is 1. The van der Waals surface area contributed by atoms with Crippen molar-refractivity contribution in [1.29, 1.82) is 0 Å². The maximum atomic E-state index is 10.8. The number of isocyanates is 1. The monoisotopic (exact) mass is 293 g/mol. The second-order valence-electron chi connectivity index (χ2n) is 5.41. The van der Waals surface area contributed by atoms with Gasteiger partial charge in [0.05, 0.1) is 5.54 Å². The first-order valence-electron chi connectivity index (χ1n) is 7.00. The average Bonchev–Trinajstić information content (AvgIpc) is 3.31. The summed E-state index contributed by atoms with van der Waals surface area (Å²) in [4.78, 5) is 10.8. The molecule has 1 aliphatic heterocycles. The minimum absolute atomic E-state index is 0. The number of hydrazone groups is 1. The fourth-order valence-corrected chi connectivity index (χ4v) is 3.13. The molecule has 5 heteroatoms. The van der Waals surface area contributed by atoms with Gasteiger partial charge in [0.15, 0.2) is 0 Å². The fourth-order valence-electron chi connectivity index (χ4n) is 3.13. The summed E-state index contributed by atoms with van der Waals surface area (Å²) in [7, 11) is 0. The van der Waals surface area contributed by atoms with E-state index in [2.05, 4.69) is 34.7 Å². The van der Waals surface area contributed by atoms with Crippen LogP contribution in [0.2, 0.25) is 0 Å². The largest absolute Gasteiger partial charge is 0.317 e. The molecule has 0 radical (unpaired) electrons. The third-order valence-electron chi connectivity index (χ3n) is 4.22. The minimum Gasteiger partial charge on any atom is -0.317 e. The summed E-state index contributed by atoms with van der Waals surface area (Å²) < 4.78 is 0. The quantitative estimate of drug-likeness (QED) is 0.527. The van der Waals surface area contributed by atoms with Gasteiger partial charge >= 0.3 is 0 Å². The van der Waals surface area contributed by atoms with Crippen LogP contribution in [0.15, 0.2) is 35.4 Å². The number of hydrogen-bond donors (Lipinski definition) is 1. The summed E-state index contributed by atoms with van der Waals surface area (Å²) >= 11 is 0. The highest BCUT2D eigenvalue weighted by atomic mass is 35.5. The molecule has 1 saturated carbocycles. The molecule has 0 amide bonds. The van der Waals surface area contributed by atoms with Crippen molar-refractivity contribution in [2.75, 3.05) is 13.1 Å². The first kappa shape index (κ1) is 15.0. The molecular formula is C15H20ClN3O. The molecule has 0 spiro atoms. The van der Waals surface area contributed by atoms with Crippen molar-refractivity contribution >= 4 is 18.5 Å². The molecule has 1 aliphatic carbocycles. The minimum atomic E-state index is -0.134. The maximum absolute atomic E-state index is 10.8. The van der Waals surface area contributed by atoms with Crippen LogP contribution in [0.5, 0.6) is 0 Å². The Morgan fingerprint density at radius 2 is 1.85 bits per heavy atom. The lowest BCUT2D eigenvalue weighted by Crippen LogP contribution is -2.51. The van der Waals surface area contributed by atoms with Crippen molar-refractivity contribution in [1.82, 2.24) is 10.3 Å². The molecule has 2 aliphatic rings. The summed E-state index contributed by atoms with van der Waals surface area (Å²) in [5, 5.41) is 9.49.